The highest BCUT2D eigenvalue weighted by molar-refractivity contribution is 5.47. The van der Waals surface area contributed by atoms with E-state index in [4.69, 9.17) is 0 Å². The van der Waals surface area contributed by atoms with Gasteiger partial charge in [0.2, 0.25) is 0 Å². The number of nitrogens with one attached hydrogen (secondary N) is 1. The van der Waals surface area contributed by atoms with Gasteiger partial charge in [-0.2, -0.15) is 0 Å². The maximum absolute atomic E-state index is 13.3. The largest absolute Gasteiger partial charge is 0.370 e. The number of halogens is 1. The molecule has 0 atom stereocenters. The van der Waals surface area contributed by atoms with Crippen molar-refractivity contribution in [3.63, 3.8) is 0 Å². The molecule has 2 aromatic rings. The quantitative estimate of drug-likeness (QED) is 0.832. The zero-order chi connectivity index (χ0) is 15.1. The molecule has 0 aliphatic carbocycles. The minimum atomic E-state index is -0.205. The van der Waals surface area contributed by atoms with Crippen molar-refractivity contribution in [2.75, 3.05) is 23.3 Å². The first-order valence-electron chi connectivity index (χ1n) is 7.42. The van der Waals surface area contributed by atoms with Crippen LogP contribution < -0.4 is 10.2 Å². The summed E-state index contributed by atoms with van der Waals surface area (Å²) in [7, 11) is 0. The van der Waals surface area contributed by atoms with Crippen molar-refractivity contribution in [1.29, 1.82) is 0 Å². The van der Waals surface area contributed by atoms with Crippen LogP contribution in [0.2, 0.25) is 0 Å². The van der Waals surface area contributed by atoms with Gasteiger partial charge in [-0.3, -0.25) is 0 Å². The second-order valence-electron chi connectivity index (χ2n) is 4.97. The van der Waals surface area contributed by atoms with Crippen LogP contribution in [0.5, 0.6) is 0 Å². The van der Waals surface area contributed by atoms with Gasteiger partial charge in [0.25, 0.3) is 0 Å². The minimum absolute atomic E-state index is 0.205. The molecule has 4 heteroatoms. The van der Waals surface area contributed by atoms with Crippen molar-refractivity contribution in [3.8, 4) is 0 Å². The van der Waals surface area contributed by atoms with Gasteiger partial charge in [0.1, 0.15) is 11.6 Å². The predicted molar refractivity (Wildman–Crippen MR) is 86.1 cm³/mol. The molecule has 1 aromatic heterocycles. The second kappa shape index (κ2) is 7.62. The highest BCUT2D eigenvalue weighted by Gasteiger charge is 2.06. The third kappa shape index (κ3) is 4.45. The smallest absolute Gasteiger partial charge is 0.125 e. The Morgan fingerprint density at radius 2 is 2.05 bits per heavy atom. The van der Waals surface area contributed by atoms with E-state index in [1.807, 2.05) is 18.3 Å². The second-order valence-corrected chi connectivity index (χ2v) is 4.97. The molecule has 0 radical (unpaired) electrons. The zero-order valence-corrected chi connectivity index (χ0v) is 12.6. The molecule has 0 unspecified atom stereocenters. The Balaban J connectivity index is 2.04. The summed E-state index contributed by atoms with van der Waals surface area (Å²) in [4.78, 5) is 6.53. The maximum atomic E-state index is 13.3. The Bertz CT molecular complexity index is 554. The van der Waals surface area contributed by atoms with Gasteiger partial charge in [0, 0.05) is 31.5 Å². The number of rotatable bonds is 7. The van der Waals surface area contributed by atoms with E-state index in [0.29, 0.717) is 0 Å². The molecule has 1 heterocycles. The van der Waals surface area contributed by atoms with Crippen LogP contribution in [0.25, 0.3) is 0 Å². The maximum Gasteiger partial charge on any atom is 0.125 e. The lowest BCUT2D eigenvalue weighted by atomic mass is 10.2. The summed E-state index contributed by atoms with van der Waals surface area (Å²) in [6, 6.07) is 10.7. The number of aromatic nitrogens is 1. The summed E-state index contributed by atoms with van der Waals surface area (Å²) in [5.41, 5.74) is 2.01. The number of benzene rings is 1. The summed E-state index contributed by atoms with van der Waals surface area (Å²) in [6.45, 7) is 6.66. The first kappa shape index (κ1) is 15.3. The minimum Gasteiger partial charge on any atom is -0.370 e. The summed E-state index contributed by atoms with van der Waals surface area (Å²) in [5.74, 6) is 0.692. The van der Waals surface area contributed by atoms with Crippen LogP contribution in [0.4, 0.5) is 15.9 Å². The summed E-state index contributed by atoms with van der Waals surface area (Å²) in [5, 5.41) is 3.25. The molecule has 0 spiro atoms. The summed E-state index contributed by atoms with van der Waals surface area (Å²) < 4.78 is 13.3. The third-order valence-corrected chi connectivity index (χ3v) is 3.31. The fraction of sp³-hybridized carbons (Fsp3) is 0.353. The van der Waals surface area contributed by atoms with Gasteiger partial charge in [-0.05, 0) is 43.2 Å². The van der Waals surface area contributed by atoms with E-state index in [-0.39, 0.29) is 5.82 Å². The van der Waals surface area contributed by atoms with Gasteiger partial charge in [-0.15, -0.1) is 0 Å². The molecule has 3 nitrogen and oxygen atoms in total. The summed E-state index contributed by atoms with van der Waals surface area (Å²) >= 11 is 0. The monoisotopic (exact) mass is 287 g/mol. The van der Waals surface area contributed by atoms with Gasteiger partial charge in [0.05, 0.1) is 0 Å². The highest BCUT2D eigenvalue weighted by atomic mass is 19.1. The van der Waals surface area contributed by atoms with Crippen LogP contribution in [0.1, 0.15) is 25.8 Å². The third-order valence-electron chi connectivity index (χ3n) is 3.31. The normalized spacial score (nSPS) is 10.4. The van der Waals surface area contributed by atoms with Crippen LogP contribution in [-0.4, -0.2) is 18.1 Å². The Morgan fingerprint density at radius 3 is 2.67 bits per heavy atom. The molecule has 0 aliphatic rings. The molecule has 1 aromatic carbocycles. The van der Waals surface area contributed by atoms with Crippen LogP contribution in [-0.2, 0) is 6.54 Å². The van der Waals surface area contributed by atoms with E-state index in [9.17, 15) is 4.39 Å². The average molecular weight is 287 g/mol. The van der Waals surface area contributed by atoms with Crippen LogP contribution in [0.15, 0.2) is 42.6 Å². The number of hydrogen-bond acceptors (Lipinski definition) is 3. The molecule has 0 amide bonds. The van der Waals surface area contributed by atoms with Gasteiger partial charge in [0.15, 0.2) is 0 Å². The lowest BCUT2D eigenvalue weighted by molar-refractivity contribution is 0.626. The van der Waals surface area contributed by atoms with Crippen molar-refractivity contribution < 1.29 is 4.39 Å². The van der Waals surface area contributed by atoms with E-state index in [0.717, 1.165) is 43.1 Å². The van der Waals surface area contributed by atoms with Gasteiger partial charge >= 0.3 is 0 Å². The predicted octanol–water partition coefficient (Wildman–Crippen LogP) is 4.07. The Morgan fingerprint density at radius 1 is 1.19 bits per heavy atom. The number of nitrogens with zero attached hydrogens (tertiary/aromatic N) is 2. The first-order valence-corrected chi connectivity index (χ1v) is 7.42. The highest BCUT2D eigenvalue weighted by Crippen LogP contribution is 2.18. The molecule has 0 aliphatic heterocycles. The first-order chi connectivity index (χ1) is 10.2. The Kier molecular flexibility index (Phi) is 5.55. The van der Waals surface area contributed by atoms with E-state index >= 15 is 0 Å². The van der Waals surface area contributed by atoms with Crippen LogP contribution >= 0.6 is 0 Å². The fourth-order valence-corrected chi connectivity index (χ4v) is 2.15. The molecular weight excluding hydrogens is 265 g/mol. The molecule has 0 fully saturated rings. The molecule has 21 heavy (non-hydrogen) atoms. The van der Waals surface area contributed by atoms with E-state index in [1.54, 1.807) is 12.1 Å². The lowest BCUT2D eigenvalue weighted by Gasteiger charge is -2.23. The standard InChI is InChI=1S/C17H22FN3/c1-3-10-19-17-9-8-14(12-20-17)13-21(4-2)16-7-5-6-15(18)11-16/h5-9,11-12H,3-4,10,13H2,1-2H3,(H,19,20). The molecule has 0 saturated heterocycles. The van der Waals surface area contributed by atoms with E-state index < -0.39 is 0 Å². The molecule has 0 bridgehead atoms. The number of pyridine rings is 1. The SMILES string of the molecule is CCCNc1ccc(CN(CC)c2cccc(F)c2)cn1. The van der Waals surface area contributed by atoms with Crippen molar-refractivity contribution in [1.82, 2.24) is 4.98 Å². The fourth-order valence-electron chi connectivity index (χ4n) is 2.15. The van der Waals surface area contributed by atoms with Crippen LogP contribution in [0.3, 0.4) is 0 Å². The summed E-state index contributed by atoms with van der Waals surface area (Å²) in [6.07, 6.45) is 2.95. The molecule has 112 valence electrons. The van der Waals surface area contributed by atoms with Gasteiger partial charge in [-0.1, -0.05) is 19.1 Å². The van der Waals surface area contributed by atoms with Crippen molar-refractivity contribution in [2.24, 2.45) is 0 Å². The van der Waals surface area contributed by atoms with Crippen molar-refractivity contribution in [2.45, 2.75) is 26.8 Å². The Hall–Kier alpha value is -2.10. The topological polar surface area (TPSA) is 28.2 Å². The molecule has 2 rings (SSSR count). The van der Waals surface area contributed by atoms with Crippen molar-refractivity contribution >= 4 is 11.5 Å². The van der Waals surface area contributed by atoms with Crippen molar-refractivity contribution in [3.05, 3.63) is 54.0 Å². The van der Waals surface area contributed by atoms with E-state index in [1.165, 1.54) is 6.07 Å². The lowest BCUT2D eigenvalue weighted by Crippen LogP contribution is -2.22. The molecule has 0 saturated carbocycles. The van der Waals surface area contributed by atoms with Crippen LogP contribution in [0, 0.1) is 5.82 Å². The molecular formula is C17H22FN3. The van der Waals surface area contributed by atoms with E-state index in [2.05, 4.69) is 35.1 Å². The van der Waals surface area contributed by atoms with Gasteiger partial charge in [-0.25, -0.2) is 9.37 Å². The molecule has 1 N–H and O–H groups in total. The zero-order valence-electron chi connectivity index (χ0n) is 12.6. The Labute approximate surface area is 125 Å². The van der Waals surface area contributed by atoms with Gasteiger partial charge < -0.3 is 10.2 Å². The average Bonchev–Trinajstić information content (AvgIpc) is 2.51. The number of anilines is 2. The number of hydrogen-bond donors (Lipinski definition) is 1.